The van der Waals surface area contributed by atoms with Crippen molar-refractivity contribution < 1.29 is 4.74 Å². The van der Waals surface area contributed by atoms with Gasteiger partial charge in [0.1, 0.15) is 0 Å². The molecule has 1 aromatic rings. The third kappa shape index (κ3) is 4.77. The standard InChI is InChI=1S/C12H23N3O/c1-4-6-13-7-5-12-9-15(10-14-12)8-11(2)16-3/h9-11,13H,4-8H2,1-3H3. The summed E-state index contributed by atoms with van der Waals surface area (Å²) in [4.78, 5) is 4.37. The molecule has 1 heterocycles. The molecule has 0 amide bonds. The highest BCUT2D eigenvalue weighted by atomic mass is 16.5. The van der Waals surface area contributed by atoms with Gasteiger partial charge in [-0.2, -0.15) is 0 Å². The van der Waals surface area contributed by atoms with Crippen LogP contribution >= 0.6 is 0 Å². The van der Waals surface area contributed by atoms with Gasteiger partial charge in [0.15, 0.2) is 0 Å². The van der Waals surface area contributed by atoms with Crippen molar-refractivity contribution in [1.29, 1.82) is 0 Å². The maximum atomic E-state index is 5.22. The number of ether oxygens (including phenoxy) is 1. The first-order valence-electron chi connectivity index (χ1n) is 6.00. The molecule has 1 aromatic heterocycles. The van der Waals surface area contributed by atoms with E-state index in [0.717, 1.165) is 31.7 Å². The molecule has 0 bridgehead atoms. The number of nitrogens with zero attached hydrogens (tertiary/aromatic N) is 2. The molecule has 0 aromatic carbocycles. The Morgan fingerprint density at radius 3 is 3.00 bits per heavy atom. The van der Waals surface area contributed by atoms with E-state index in [4.69, 9.17) is 4.74 Å². The van der Waals surface area contributed by atoms with Crippen molar-refractivity contribution in [1.82, 2.24) is 14.9 Å². The topological polar surface area (TPSA) is 39.1 Å². The van der Waals surface area contributed by atoms with Gasteiger partial charge >= 0.3 is 0 Å². The highest BCUT2D eigenvalue weighted by Crippen LogP contribution is 2.00. The van der Waals surface area contributed by atoms with Crippen LogP contribution in [0.1, 0.15) is 26.0 Å². The van der Waals surface area contributed by atoms with Gasteiger partial charge < -0.3 is 14.6 Å². The first-order chi connectivity index (χ1) is 7.76. The second-order valence-electron chi connectivity index (χ2n) is 4.11. The summed E-state index contributed by atoms with van der Waals surface area (Å²) < 4.78 is 7.30. The molecule has 0 saturated carbocycles. The summed E-state index contributed by atoms with van der Waals surface area (Å²) in [6.45, 7) is 7.19. The largest absolute Gasteiger partial charge is 0.380 e. The van der Waals surface area contributed by atoms with Gasteiger partial charge in [0.25, 0.3) is 0 Å². The lowest BCUT2D eigenvalue weighted by molar-refractivity contribution is 0.103. The summed E-state index contributed by atoms with van der Waals surface area (Å²) in [5.41, 5.74) is 1.15. The molecule has 1 atom stereocenters. The fourth-order valence-electron chi connectivity index (χ4n) is 1.52. The molecular formula is C12H23N3O. The van der Waals surface area contributed by atoms with Crippen molar-refractivity contribution in [3.63, 3.8) is 0 Å². The van der Waals surface area contributed by atoms with Crippen molar-refractivity contribution >= 4 is 0 Å². The molecular weight excluding hydrogens is 202 g/mol. The van der Waals surface area contributed by atoms with Crippen LogP contribution in [-0.4, -0.2) is 35.9 Å². The van der Waals surface area contributed by atoms with Gasteiger partial charge in [-0.05, 0) is 19.9 Å². The number of imidazole rings is 1. The summed E-state index contributed by atoms with van der Waals surface area (Å²) in [6, 6.07) is 0. The van der Waals surface area contributed by atoms with E-state index in [0.29, 0.717) is 0 Å². The summed E-state index contributed by atoms with van der Waals surface area (Å²) >= 11 is 0. The Morgan fingerprint density at radius 2 is 2.31 bits per heavy atom. The average Bonchev–Trinajstić information content (AvgIpc) is 2.72. The molecule has 0 radical (unpaired) electrons. The zero-order valence-electron chi connectivity index (χ0n) is 10.6. The van der Waals surface area contributed by atoms with E-state index in [2.05, 4.69) is 34.9 Å². The summed E-state index contributed by atoms with van der Waals surface area (Å²) in [6.07, 6.45) is 6.39. The Kier molecular flexibility index (Phi) is 6.11. The third-order valence-corrected chi connectivity index (χ3v) is 2.54. The summed E-state index contributed by atoms with van der Waals surface area (Å²) in [5, 5.41) is 3.37. The van der Waals surface area contributed by atoms with Gasteiger partial charge in [-0.1, -0.05) is 6.92 Å². The Morgan fingerprint density at radius 1 is 1.50 bits per heavy atom. The first-order valence-corrected chi connectivity index (χ1v) is 6.00. The molecule has 0 aliphatic heterocycles. The van der Waals surface area contributed by atoms with E-state index < -0.39 is 0 Å². The van der Waals surface area contributed by atoms with Crippen LogP contribution < -0.4 is 5.32 Å². The second kappa shape index (κ2) is 7.41. The average molecular weight is 225 g/mol. The predicted octanol–water partition coefficient (Wildman–Crippen LogP) is 1.46. The van der Waals surface area contributed by atoms with E-state index in [-0.39, 0.29) is 6.10 Å². The molecule has 1 rings (SSSR count). The SMILES string of the molecule is CCCNCCc1cn(CC(C)OC)cn1. The van der Waals surface area contributed by atoms with Crippen LogP contribution in [0.2, 0.25) is 0 Å². The number of methoxy groups -OCH3 is 1. The van der Waals surface area contributed by atoms with Gasteiger partial charge in [-0.25, -0.2) is 4.98 Å². The third-order valence-electron chi connectivity index (χ3n) is 2.54. The van der Waals surface area contributed by atoms with Gasteiger partial charge in [0.05, 0.1) is 18.1 Å². The lowest BCUT2D eigenvalue weighted by Crippen LogP contribution is -2.18. The van der Waals surface area contributed by atoms with E-state index in [1.807, 2.05) is 6.33 Å². The van der Waals surface area contributed by atoms with Crippen LogP contribution in [0.5, 0.6) is 0 Å². The number of nitrogens with one attached hydrogen (secondary N) is 1. The molecule has 4 heteroatoms. The van der Waals surface area contributed by atoms with Crippen molar-refractivity contribution in [2.24, 2.45) is 0 Å². The lowest BCUT2D eigenvalue weighted by Gasteiger charge is -2.08. The minimum atomic E-state index is 0.236. The number of rotatable bonds is 8. The Balaban J connectivity index is 2.28. The fourth-order valence-corrected chi connectivity index (χ4v) is 1.52. The number of aromatic nitrogens is 2. The van der Waals surface area contributed by atoms with Crippen molar-refractivity contribution in [3.8, 4) is 0 Å². The van der Waals surface area contributed by atoms with Crippen molar-refractivity contribution in [2.45, 2.75) is 39.3 Å². The van der Waals surface area contributed by atoms with Crippen LogP contribution in [0, 0.1) is 0 Å². The van der Waals surface area contributed by atoms with E-state index in [1.165, 1.54) is 6.42 Å². The normalized spacial score (nSPS) is 12.9. The van der Waals surface area contributed by atoms with Gasteiger partial charge in [0.2, 0.25) is 0 Å². The molecule has 1 N–H and O–H groups in total. The van der Waals surface area contributed by atoms with E-state index in [1.54, 1.807) is 7.11 Å². The molecule has 0 fully saturated rings. The first kappa shape index (κ1) is 13.2. The molecule has 0 aliphatic carbocycles. The molecule has 0 spiro atoms. The monoisotopic (exact) mass is 225 g/mol. The Labute approximate surface area is 98.0 Å². The number of hydrogen-bond acceptors (Lipinski definition) is 3. The molecule has 16 heavy (non-hydrogen) atoms. The lowest BCUT2D eigenvalue weighted by atomic mass is 10.3. The summed E-state index contributed by atoms with van der Waals surface area (Å²) in [7, 11) is 1.73. The van der Waals surface area contributed by atoms with E-state index in [9.17, 15) is 0 Å². The van der Waals surface area contributed by atoms with Crippen molar-refractivity contribution in [3.05, 3.63) is 18.2 Å². The highest BCUT2D eigenvalue weighted by Gasteiger charge is 2.02. The molecule has 0 saturated heterocycles. The smallest absolute Gasteiger partial charge is 0.0950 e. The zero-order valence-corrected chi connectivity index (χ0v) is 10.6. The van der Waals surface area contributed by atoms with Gasteiger partial charge in [-0.3, -0.25) is 0 Å². The quantitative estimate of drug-likeness (QED) is 0.681. The van der Waals surface area contributed by atoms with Crippen molar-refractivity contribution in [2.75, 3.05) is 20.2 Å². The van der Waals surface area contributed by atoms with Crippen LogP contribution in [0.4, 0.5) is 0 Å². The molecule has 1 unspecified atom stereocenters. The minimum Gasteiger partial charge on any atom is -0.380 e. The minimum absolute atomic E-state index is 0.236. The second-order valence-corrected chi connectivity index (χ2v) is 4.11. The van der Waals surface area contributed by atoms with Gasteiger partial charge in [0, 0.05) is 32.8 Å². The van der Waals surface area contributed by atoms with E-state index >= 15 is 0 Å². The number of hydrogen-bond donors (Lipinski definition) is 1. The Bertz CT molecular complexity index is 286. The highest BCUT2D eigenvalue weighted by molar-refractivity contribution is 4.97. The maximum Gasteiger partial charge on any atom is 0.0950 e. The zero-order chi connectivity index (χ0) is 11.8. The van der Waals surface area contributed by atoms with Crippen LogP contribution in [0.15, 0.2) is 12.5 Å². The van der Waals surface area contributed by atoms with Crippen LogP contribution in [0.25, 0.3) is 0 Å². The van der Waals surface area contributed by atoms with Crippen LogP contribution in [-0.2, 0) is 17.7 Å². The fraction of sp³-hybridized carbons (Fsp3) is 0.750. The maximum absolute atomic E-state index is 5.22. The van der Waals surface area contributed by atoms with Crippen LogP contribution in [0.3, 0.4) is 0 Å². The molecule has 0 aliphatic rings. The summed E-state index contributed by atoms with van der Waals surface area (Å²) in [5.74, 6) is 0. The predicted molar refractivity (Wildman–Crippen MR) is 65.6 cm³/mol. The molecule has 92 valence electrons. The Hall–Kier alpha value is -0.870. The molecule has 4 nitrogen and oxygen atoms in total. The van der Waals surface area contributed by atoms with Gasteiger partial charge in [-0.15, -0.1) is 0 Å².